The molecule has 0 bridgehead atoms. The van der Waals surface area contributed by atoms with Crippen LogP contribution in [0.15, 0.2) is 6.07 Å². The molecule has 0 unspecified atom stereocenters. The van der Waals surface area contributed by atoms with Crippen LogP contribution in [-0.2, 0) is 16.0 Å². The van der Waals surface area contributed by atoms with E-state index < -0.39 is 11.6 Å². The number of halogens is 1. The van der Waals surface area contributed by atoms with E-state index in [-0.39, 0.29) is 11.5 Å². The van der Waals surface area contributed by atoms with Gasteiger partial charge in [-0.25, -0.2) is 4.79 Å². The van der Waals surface area contributed by atoms with Gasteiger partial charge in [-0.05, 0) is 32.8 Å². The second kappa shape index (κ2) is 5.56. The molecule has 1 aliphatic heterocycles. The quantitative estimate of drug-likeness (QED) is 0.852. The van der Waals surface area contributed by atoms with Crippen molar-refractivity contribution in [2.24, 2.45) is 0 Å². The molecule has 1 aromatic rings. The summed E-state index contributed by atoms with van der Waals surface area (Å²) in [7, 11) is 1.30. The molecule has 0 atom stereocenters. The number of amides is 1. The molecule has 0 saturated carbocycles. The van der Waals surface area contributed by atoms with Gasteiger partial charge in [0.15, 0.2) is 0 Å². The summed E-state index contributed by atoms with van der Waals surface area (Å²) in [5, 5.41) is 3.01. The van der Waals surface area contributed by atoms with Crippen molar-refractivity contribution < 1.29 is 19.1 Å². The highest BCUT2D eigenvalue weighted by Crippen LogP contribution is 2.43. The fourth-order valence-corrected chi connectivity index (χ4v) is 2.64. The zero-order valence-electron chi connectivity index (χ0n) is 12.5. The third-order valence-corrected chi connectivity index (χ3v) is 3.69. The van der Waals surface area contributed by atoms with E-state index in [1.807, 2.05) is 13.8 Å². The Bertz CT molecular complexity index is 610. The molecule has 2 rings (SSSR count). The molecule has 0 aliphatic carbocycles. The van der Waals surface area contributed by atoms with Crippen molar-refractivity contribution in [1.82, 2.24) is 0 Å². The van der Waals surface area contributed by atoms with Gasteiger partial charge in [-0.3, -0.25) is 4.79 Å². The summed E-state index contributed by atoms with van der Waals surface area (Å²) in [4.78, 5) is 23.3. The number of ether oxygens (including phenoxy) is 2. The van der Waals surface area contributed by atoms with Crippen LogP contribution in [-0.4, -0.2) is 24.6 Å². The van der Waals surface area contributed by atoms with Crippen molar-refractivity contribution in [2.75, 3.05) is 12.4 Å². The van der Waals surface area contributed by atoms with Crippen molar-refractivity contribution in [1.29, 1.82) is 0 Å². The Hall–Kier alpha value is -1.75. The van der Waals surface area contributed by atoms with Gasteiger partial charge in [0.2, 0.25) is 5.91 Å². The molecule has 5 nitrogen and oxygen atoms in total. The van der Waals surface area contributed by atoms with Gasteiger partial charge in [0, 0.05) is 12.5 Å². The smallest absolute Gasteiger partial charge is 0.341 e. The molecule has 1 amide bonds. The molecule has 21 heavy (non-hydrogen) atoms. The topological polar surface area (TPSA) is 64.6 Å². The van der Waals surface area contributed by atoms with Gasteiger partial charge >= 0.3 is 5.97 Å². The summed E-state index contributed by atoms with van der Waals surface area (Å²) in [6.45, 7) is 5.30. The zero-order valence-corrected chi connectivity index (χ0v) is 13.3. The lowest BCUT2D eigenvalue weighted by Gasteiger charge is -2.34. The number of benzene rings is 1. The normalized spacial score (nSPS) is 15.7. The van der Waals surface area contributed by atoms with E-state index in [1.54, 1.807) is 0 Å². The van der Waals surface area contributed by atoms with E-state index in [2.05, 4.69) is 5.32 Å². The van der Waals surface area contributed by atoms with Crippen LogP contribution in [0.3, 0.4) is 0 Å². The number of hydrogen-bond acceptors (Lipinski definition) is 4. The van der Waals surface area contributed by atoms with Gasteiger partial charge in [-0.2, -0.15) is 0 Å². The van der Waals surface area contributed by atoms with Gasteiger partial charge in [-0.1, -0.05) is 11.6 Å². The minimum absolute atomic E-state index is 0.227. The van der Waals surface area contributed by atoms with Gasteiger partial charge in [0.05, 0.1) is 17.8 Å². The summed E-state index contributed by atoms with van der Waals surface area (Å²) in [5.74, 6) is -0.304. The number of esters is 1. The summed E-state index contributed by atoms with van der Waals surface area (Å²) < 4.78 is 10.7. The first-order chi connectivity index (χ1) is 9.75. The molecule has 1 heterocycles. The lowest BCUT2D eigenvalue weighted by atomic mass is 9.91. The minimum Gasteiger partial charge on any atom is -0.487 e. The zero-order chi connectivity index (χ0) is 15.8. The summed E-state index contributed by atoms with van der Waals surface area (Å²) in [6.07, 6.45) is 1.41. The first-order valence-corrected chi connectivity index (χ1v) is 7.03. The van der Waals surface area contributed by atoms with Crippen LogP contribution in [0, 0.1) is 0 Å². The van der Waals surface area contributed by atoms with Crippen LogP contribution >= 0.6 is 11.6 Å². The molecule has 0 spiro atoms. The Morgan fingerprint density at radius 1 is 1.43 bits per heavy atom. The number of methoxy groups -OCH3 is 1. The van der Waals surface area contributed by atoms with Crippen molar-refractivity contribution in [3.05, 3.63) is 22.2 Å². The fraction of sp³-hybridized carbons (Fsp3) is 0.467. The number of fused-ring (bicyclic) bond motifs is 1. The maximum atomic E-state index is 11.9. The highest BCUT2D eigenvalue weighted by atomic mass is 35.5. The van der Waals surface area contributed by atoms with Gasteiger partial charge in [-0.15, -0.1) is 0 Å². The SMILES string of the molecule is COC(=O)c1cc(Cl)c(NC(C)=O)c2c1OC(C)(C)CC2. The van der Waals surface area contributed by atoms with E-state index in [1.165, 1.54) is 20.1 Å². The van der Waals surface area contributed by atoms with Crippen LogP contribution < -0.4 is 10.1 Å². The van der Waals surface area contributed by atoms with Crippen LogP contribution in [0.4, 0.5) is 5.69 Å². The Balaban J connectivity index is 2.64. The van der Waals surface area contributed by atoms with Crippen LogP contribution in [0.25, 0.3) is 0 Å². The van der Waals surface area contributed by atoms with E-state index in [4.69, 9.17) is 21.1 Å². The molecule has 114 valence electrons. The van der Waals surface area contributed by atoms with E-state index in [0.29, 0.717) is 22.9 Å². The molecular formula is C15H18ClNO4. The maximum Gasteiger partial charge on any atom is 0.341 e. The standard InChI is InChI=1S/C15H18ClNO4/c1-8(18)17-12-9-5-6-15(2,3)21-13(9)10(7-11(12)16)14(19)20-4/h7H,5-6H2,1-4H3,(H,17,18). The van der Waals surface area contributed by atoms with Crippen molar-refractivity contribution in [2.45, 2.75) is 39.2 Å². The maximum absolute atomic E-state index is 11.9. The Kier molecular flexibility index (Phi) is 4.14. The Morgan fingerprint density at radius 3 is 2.67 bits per heavy atom. The van der Waals surface area contributed by atoms with Crippen LogP contribution in [0.2, 0.25) is 5.02 Å². The Morgan fingerprint density at radius 2 is 2.10 bits per heavy atom. The van der Waals surface area contributed by atoms with Crippen molar-refractivity contribution >= 4 is 29.2 Å². The third kappa shape index (κ3) is 3.13. The number of carbonyl (C=O) groups excluding carboxylic acids is 2. The number of nitrogens with one attached hydrogen (secondary N) is 1. The first-order valence-electron chi connectivity index (χ1n) is 6.65. The second-order valence-electron chi connectivity index (χ2n) is 5.62. The molecule has 1 aromatic carbocycles. The molecule has 1 N–H and O–H groups in total. The molecule has 6 heteroatoms. The second-order valence-corrected chi connectivity index (χ2v) is 6.03. The Labute approximate surface area is 128 Å². The number of carbonyl (C=O) groups is 2. The summed E-state index contributed by atoms with van der Waals surface area (Å²) >= 11 is 6.20. The first kappa shape index (κ1) is 15.6. The molecular weight excluding hydrogens is 294 g/mol. The number of rotatable bonds is 2. The minimum atomic E-state index is -0.514. The number of anilines is 1. The van der Waals surface area contributed by atoms with Gasteiger partial charge < -0.3 is 14.8 Å². The fourth-order valence-electron chi connectivity index (χ4n) is 2.37. The van der Waals surface area contributed by atoms with E-state index in [0.717, 1.165) is 12.0 Å². The predicted molar refractivity (Wildman–Crippen MR) is 80.1 cm³/mol. The largest absolute Gasteiger partial charge is 0.487 e. The van der Waals surface area contributed by atoms with Crippen molar-refractivity contribution in [3.8, 4) is 5.75 Å². The number of hydrogen-bond donors (Lipinski definition) is 1. The molecule has 0 aromatic heterocycles. The van der Waals surface area contributed by atoms with Crippen molar-refractivity contribution in [3.63, 3.8) is 0 Å². The molecule has 1 aliphatic rings. The molecule has 0 radical (unpaired) electrons. The average molecular weight is 312 g/mol. The lowest BCUT2D eigenvalue weighted by Crippen LogP contribution is -2.34. The van der Waals surface area contributed by atoms with Gasteiger partial charge in [0.1, 0.15) is 16.9 Å². The molecule has 0 fully saturated rings. The highest BCUT2D eigenvalue weighted by molar-refractivity contribution is 6.34. The summed E-state index contributed by atoms with van der Waals surface area (Å²) in [5.41, 5.74) is 1.12. The lowest BCUT2D eigenvalue weighted by molar-refractivity contribution is -0.114. The van der Waals surface area contributed by atoms with Gasteiger partial charge in [0.25, 0.3) is 0 Å². The van der Waals surface area contributed by atoms with Crippen LogP contribution in [0.5, 0.6) is 5.75 Å². The average Bonchev–Trinajstić information content (AvgIpc) is 2.39. The summed E-state index contributed by atoms with van der Waals surface area (Å²) in [6, 6.07) is 1.47. The van der Waals surface area contributed by atoms with E-state index >= 15 is 0 Å². The highest BCUT2D eigenvalue weighted by Gasteiger charge is 2.33. The monoisotopic (exact) mass is 311 g/mol. The van der Waals surface area contributed by atoms with E-state index in [9.17, 15) is 9.59 Å². The van der Waals surface area contributed by atoms with Crippen LogP contribution in [0.1, 0.15) is 43.1 Å². The molecule has 0 saturated heterocycles. The third-order valence-electron chi connectivity index (χ3n) is 3.39. The predicted octanol–water partition coefficient (Wildman–Crippen LogP) is 3.19.